The summed E-state index contributed by atoms with van der Waals surface area (Å²) in [6, 6.07) is 14.0. The molecule has 2 unspecified atom stereocenters. The number of hydrogen-bond donors (Lipinski definition) is 0. The summed E-state index contributed by atoms with van der Waals surface area (Å²) in [7, 11) is -1.48. The topological polar surface area (TPSA) is 0 Å². The molecule has 0 amide bonds. The molecule has 0 aliphatic heterocycles. The van der Waals surface area contributed by atoms with Gasteiger partial charge in [-0.3, -0.25) is 0 Å². The zero-order valence-corrected chi connectivity index (χ0v) is 14.4. The van der Waals surface area contributed by atoms with Gasteiger partial charge in [0.2, 0.25) is 0 Å². The molecule has 1 aromatic rings. The SMILES string of the molecule is CCC(C)C1=CC=CC1[Si](CC)(CC)c1ccccc1. The minimum absolute atomic E-state index is 0.704. The van der Waals surface area contributed by atoms with E-state index >= 15 is 0 Å². The molecule has 2 atom stereocenters. The van der Waals surface area contributed by atoms with E-state index in [4.69, 9.17) is 0 Å². The van der Waals surface area contributed by atoms with Gasteiger partial charge in [0.25, 0.3) is 0 Å². The zero-order chi connectivity index (χ0) is 14.6. The van der Waals surface area contributed by atoms with Crippen molar-refractivity contribution < 1.29 is 0 Å². The van der Waals surface area contributed by atoms with Crippen molar-refractivity contribution in [3.05, 3.63) is 54.1 Å². The largest absolute Gasteiger partial charge is 0.0969 e. The van der Waals surface area contributed by atoms with Gasteiger partial charge in [0.15, 0.2) is 0 Å². The highest BCUT2D eigenvalue weighted by molar-refractivity contribution is 6.93. The van der Waals surface area contributed by atoms with Crippen molar-refractivity contribution in [2.75, 3.05) is 0 Å². The van der Waals surface area contributed by atoms with Crippen molar-refractivity contribution in [2.24, 2.45) is 5.92 Å². The van der Waals surface area contributed by atoms with Crippen LogP contribution in [0, 0.1) is 5.92 Å². The van der Waals surface area contributed by atoms with Crippen molar-refractivity contribution in [1.82, 2.24) is 0 Å². The molecule has 20 heavy (non-hydrogen) atoms. The Morgan fingerprint density at radius 2 is 1.70 bits per heavy atom. The van der Waals surface area contributed by atoms with E-state index in [-0.39, 0.29) is 0 Å². The van der Waals surface area contributed by atoms with Crippen LogP contribution >= 0.6 is 0 Å². The highest BCUT2D eigenvalue weighted by atomic mass is 28.3. The summed E-state index contributed by atoms with van der Waals surface area (Å²) in [5.74, 6) is 0.712. The number of allylic oxidation sites excluding steroid dienone is 4. The van der Waals surface area contributed by atoms with Crippen LogP contribution in [0.2, 0.25) is 17.6 Å². The van der Waals surface area contributed by atoms with Crippen LogP contribution < -0.4 is 5.19 Å². The standard InChI is InChI=1S/C19H28Si/c1-5-16(4)18-14-11-15-19(18)20(6-2,7-3)17-12-9-8-10-13-17/h8-16,19H,5-7H2,1-4H3. The molecule has 1 aliphatic carbocycles. The molecule has 0 nitrogen and oxygen atoms in total. The average molecular weight is 285 g/mol. The highest BCUT2D eigenvalue weighted by Crippen LogP contribution is 2.43. The van der Waals surface area contributed by atoms with Crippen LogP contribution in [0.25, 0.3) is 0 Å². The van der Waals surface area contributed by atoms with Crippen LogP contribution in [0.4, 0.5) is 0 Å². The quantitative estimate of drug-likeness (QED) is 0.622. The van der Waals surface area contributed by atoms with Gasteiger partial charge < -0.3 is 0 Å². The molecule has 0 saturated carbocycles. The molecule has 0 spiro atoms. The fourth-order valence-electron chi connectivity index (χ4n) is 3.75. The maximum Gasteiger partial charge on any atom is 0.0969 e. The second-order valence-corrected chi connectivity index (χ2v) is 11.0. The Labute approximate surface area is 125 Å². The third-order valence-electron chi connectivity index (χ3n) is 5.34. The lowest BCUT2D eigenvalue weighted by atomic mass is 9.97. The number of benzene rings is 1. The molecule has 1 aliphatic rings. The lowest BCUT2D eigenvalue weighted by Gasteiger charge is -2.38. The van der Waals surface area contributed by atoms with Gasteiger partial charge in [-0.15, -0.1) is 0 Å². The maximum atomic E-state index is 2.49. The zero-order valence-electron chi connectivity index (χ0n) is 13.4. The van der Waals surface area contributed by atoms with E-state index < -0.39 is 8.07 Å². The summed E-state index contributed by atoms with van der Waals surface area (Å²) < 4.78 is 0. The lowest BCUT2D eigenvalue weighted by molar-refractivity contribution is 0.641. The predicted molar refractivity (Wildman–Crippen MR) is 93.2 cm³/mol. The van der Waals surface area contributed by atoms with Gasteiger partial charge in [-0.25, -0.2) is 0 Å². The Hall–Kier alpha value is -1.08. The van der Waals surface area contributed by atoms with Crippen LogP contribution in [-0.2, 0) is 0 Å². The lowest BCUT2D eigenvalue weighted by Crippen LogP contribution is -2.50. The first-order valence-electron chi connectivity index (χ1n) is 8.13. The van der Waals surface area contributed by atoms with Gasteiger partial charge in [-0.05, 0) is 17.9 Å². The Bertz CT molecular complexity index is 480. The van der Waals surface area contributed by atoms with Crippen molar-refractivity contribution >= 4 is 13.3 Å². The summed E-state index contributed by atoms with van der Waals surface area (Å²) in [6.45, 7) is 9.51. The van der Waals surface area contributed by atoms with Crippen molar-refractivity contribution in [2.45, 2.75) is 51.7 Å². The predicted octanol–water partition coefficient (Wildman–Crippen LogP) is 5.29. The second-order valence-electron chi connectivity index (χ2n) is 6.07. The summed E-state index contributed by atoms with van der Waals surface area (Å²) in [5.41, 5.74) is 2.39. The van der Waals surface area contributed by atoms with Crippen LogP contribution in [0.15, 0.2) is 54.1 Å². The molecule has 0 N–H and O–H groups in total. The van der Waals surface area contributed by atoms with Crippen LogP contribution in [-0.4, -0.2) is 8.07 Å². The first kappa shape index (κ1) is 15.3. The van der Waals surface area contributed by atoms with Gasteiger partial charge >= 0.3 is 0 Å². The first-order valence-corrected chi connectivity index (χ1v) is 10.6. The fourth-order valence-corrected chi connectivity index (χ4v) is 8.66. The summed E-state index contributed by atoms with van der Waals surface area (Å²) in [6.07, 6.45) is 8.45. The molecule has 0 fully saturated rings. The molecule has 0 radical (unpaired) electrons. The highest BCUT2D eigenvalue weighted by Gasteiger charge is 2.41. The Kier molecular flexibility index (Phi) is 5.04. The summed E-state index contributed by atoms with van der Waals surface area (Å²) in [5, 5.41) is 1.63. The van der Waals surface area contributed by atoms with Crippen LogP contribution in [0.5, 0.6) is 0 Å². The third kappa shape index (κ3) is 2.56. The van der Waals surface area contributed by atoms with E-state index in [1.54, 1.807) is 10.8 Å². The normalized spacial score (nSPS) is 20.0. The monoisotopic (exact) mass is 284 g/mol. The first-order chi connectivity index (χ1) is 9.69. The third-order valence-corrected chi connectivity index (χ3v) is 11.1. The number of rotatable bonds is 6. The molecule has 108 valence electrons. The fraction of sp³-hybridized carbons (Fsp3) is 0.474. The maximum absolute atomic E-state index is 2.49. The van der Waals surface area contributed by atoms with E-state index in [0.29, 0.717) is 11.5 Å². The Morgan fingerprint density at radius 3 is 2.25 bits per heavy atom. The molecular formula is C19H28Si. The van der Waals surface area contributed by atoms with E-state index in [1.807, 2.05) is 0 Å². The minimum atomic E-state index is -1.48. The Balaban J connectivity index is 2.44. The van der Waals surface area contributed by atoms with E-state index in [2.05, 4.69) is 76.3 Å². The van der Waals surface area contributed by atoms with Crippen molar-refractivity contribution in [1.29, 1.82) is 0 Å². The Morgan fingerprint density at radius 1 is 1.05 bits per heavy atom. The van der Waals surface area contributed by atoms with E-state index in [1.165, 1.54) is 18.5 Å². The van der Waals surface area contributed by atoms with Gasteiger partial charge in [-0.1, -0.05) is 99.1 Å². The van der Waals surface area contributed by atoms with Gasteiger partial charge in [-0.2, -0.15) is 0 Å². The van der Waals surface area contributed by atoms with Gasteiger partial charge in [0, 0.05) is 0 Å². The minimum Gasteiger partial charge on any atom is -0.0797 e. The van der Waals surface area contributed by atoms with E-state index in [0.717, 1.165) is 0 Å². The molecule has 1 heteroatoms. The van der Waals surface area contributed by atoms with E-state index in [9.17, 15) is 0 Å². The average Bonchev–Trinajstić information content (AvgIpc) is 2.99. The molecule has 1 aromatic carbocycles. The van der Waals surface area contributed by atoms with Crippen molar-refractivity contribution in [3.8, 4) is 0 Å². The van der Waals surface area contributed by atoms with Crippen molar-refractivity contribution in [3.63, 3.8) is 0 Å². The number of hydrogen-bond acceptors (Lipinski definition) is 0. The molecule has 0 heterocycles. The molecule has 0 aromatic heterocycles. The summed E-state index contributed by atoms with van der Waals surface area (Å²) >= 11 is 0. The van der Waals surface area contributed by atoms with Crippen LogP contribution in [0.1, 0.15) is 34.1 Å². The second kappa shape index (κ2) is 6.58. The smallest absolute Gasteiger partial charge is 0.0797 e. The van der Waals surface area contributed by atoms with Gasteiger partial charge in [0.05, 0.1) is 8.07 Å². The molecule has 0 bridgehead atoms. The molecule has 2 rings (SSSR count). The molecular weight excluding hydrogens is 256 g/mol. The van der Waals surface area contributed by atoms with Gasteiger partial charge in [0.1, 0.15) is 0 Å². The van der Waals surface area contributed by atoms with Crippen LogP contribution in [0.3, 0.4) is 0 Å². The molecule has 0 saturated heterocycles. The summed E-state index contributed by atoms with van der Waals surface area (Å²) in [4.78, 5) is 0.